The molecule has 1 heterocycles. The SMILES string of the molecule is CNC(C)C(C)N1CCN(C)CC1. The molecule has 3 heteroatoms. The fourth-order valence-electron chi connectivity index (χ4n) is 1.79. The summed E-state index contributed by atoms with van der Waals surface area (Å²) in [5.74, 6) is 0. The molecular weight excluding hydrogens is 162 g/mol. The molecule has 1 saturated heterocycles. The first kappa shape index (κ1) is 11.0. The Labute approximate surface area is 82.1 Å². The van der Waals surface area contributed by atoms with E-state index in [1.54, 1.807) is 0 Å². The van der Waals surface area contributed by atoms with Gasteiger partial charge in [0.05, 0.1) is 0 Å². The van der Waals surface area contributed by atoms with E-state index in [1.165, 1.54) is 26.2 Å². The Hall–Kier alpha value is -0.120. The monoisotopic (exact) mass is 185 g/mol. The number of hydrogen-bond acceptors (Lipinski definition) is 3. The van der Waals surface area contributed by atoms with Crippen LogP contribution in [-0.2, 0) is 0 Å². The van der Waals surface area contributed by atoms with Crippen LogP contribution < -0.4 is 5.32 Å². The van der Waals surface area contributed by atoms with Crippen molar-refractivity contribution in [1.82, 2.24) is 15.1 Å². The summed E-state index contributed by atoms with van der Waals surface area (Å²) in [7, 11) is 4.24. The predicted molar refractivity (Wildman–Crippen MR) is 57.1 cm³/mol. The molecule has 0 amide bonds. The lowest BCUT2D eigenvalue weighted by Crippen LogP contribution is -2.53. The Bertz CT molecular complexity index is 141. The molecule has 2 unspecified atom stereocenters. The van der Waals surface area contributed by atoms with Crippen LogP contribution in [0, 0.1) is 0 Å². The Morgan fingerprint density at radius 3 is 2.08 bits per heavy atom. The van der Waals surface area contributed by atoms with Crippen molar-refractivity contribution in [3.05, 3.63) is 0 Å². The minimum Gasteiger partial charge on any atom is -0.316 e. The zero-order valence-corrected chi connectivity index (χ0v) is 9.38. The quantitative estimate of drug-likeness (QED) is 0.679. The van der Waals surface area contributed by atoms with Crippen LogP contribution in [0.4, 0.5) is 0 Å². The van der Waals surface area contributed by atoms with Gasteiger partial charge in [0.2, 0.25) is 0 Å². The molecule has 3 nitrogen and oxygen atoms in total. The Kier molecular flexibility index (Phi) is 4.16. The molecule has 0 radical (unpaired) electrons. The van der Waals surface area contributed by atoms with Crippen LogP contribution in [0.2, 0.25) is 0 Å². The van der Waals surface area contributed by atoms with Crippen LogP contribution in [0.15, 0.2) is 0 Å². The molecule has 13 heavy (non-hydrogen) atoms. The number of nitrogens with one attached hydrogen (secondary N) is 1. The third-order valence-corrected chi connectivity index (χ3v) is 3.29. The molecule has 0 aromatic carbocycles. The van der Waals surface area contributed by atoms with E-state index in [1.807, 2.05) is 7.05 Å². The Balaban J connectivity index is 2.35. The second-order valence-electron chi connectivity index (χ2n) is 4.16. The highest BCUT2D eigenvalue weighted by Gasteiger charge is 2.21. The van der Waals surface area contributed by atoms with Gasteiger partial charge < -0.3 is 10.2 Å². The van der Waals surface area contributed by atoms with E-state index in [0.717, 1.165) is 0 Å². The fraction of sp³-hybridized carbons (Fsp3) is 1.00. The van der Waals surface area contributed by atoms with Crippen LogP contribution in [0.3, 0.4) is 0 Å². The van der Waals surface area contributed by atoms with Crippen LogP contribution >= 0.6 is 0 Å². The maximum absolute atomic E-state index is 3.32. The van der Waals surface area contributed by atoms with Gasteiger partial charge in [0.25, 0.3) is 0 Å². The molecule has 0 saturated carbocycles. The molecule has 0 bridgehead atoms. The molecule has 1 N–H and O–H groups in total. The standard InChI is InChI=1S/C10H23N3/c1-9(11-3)10(2)13-7-5-12(4)6-8-13/h9-11H,5-8H2,1-4H3. The van der Waals surface area contributed by atoms with Crippen LogP contribution in [0.25, 0.3) is 0 Å². The predicted octanol–water partition coefficient (Wildman–Crippen LogP) is 0.230. The average molecular weight is 185 g/mol. The zero-order chi connectivity index (χ0) is 9.84. The van der Waals surface area contributed by atoms with Gasteiger partial charge in [-0.2, -0.15) is 0 Å². The van der Waals surface area contributed by atoms with Crippen molar-refractivity contribution in [2.45, 2.75) is 25.9 Å². The summed E-state index contributed by atoms with van der Waals surface area (Å²) in [5, 5.41) is 3.32. The normalized spacial score (nSPS) is 25.8. The molecule has 78 valence electrons. The summed E-state index contributed by atoms with van der Waals surface area (Å²) in [5.41, 5.74) is 0. The van der Waals surface area contributed by atoms with Gasteiger partial charge >= 0.3 is 0 Å². The summed E-state index contributed by atoms with van der Waals surface area (Å²) in [6.07, 6.45) is 0. The molecule has 1 aliphatic rings. The number of likely N-dealkylation sites (N-methyl/N-ethyl adjacent to an activating group) is 2. The second-order valence-corrected chi connectivity index (χ2v) is 4.16. The average Bonchev–Trinajstić information content (AvgIpc) is 2.17. The van der Waals surface area contributed by atoms with Crippen molar-refractivity contribution >= 4 is 0 Å². The Morgan fingerprint density at radius 1 is 1.08 bits per heavy atom. The summed E-state index contributed by atoms with van der Waals surface area (Å²) < 4.78 is 0. The maximum Gasteiger partial charge on any atom is 0.0219 e. The van der Waals surface area contributed by atoms with Gasteiger partial charge in [-0.25, -0.2) is 0 Å². The number of hydrogen-bond donors (Lipinski definition) is 1. The van der Waals surface area contributed by atoms with Gasteiger partial charge in [0, 0.05) is 38.3 Å². The van der Waals surface area contributed by atoms with Crippen LogP contribution in [0.1, 0.15) is 13.8 Å². The van der Waals surface area contributed by atoms with E-state index in [0.29, 0.717) is 12.1 Å². The van der Waals surface area contributed by atoms with E-state index in [4.69, 9.17) is 0 Å². The first-order valence-corrected chi connectivity index (χ1v) is 5.25. The van der Waals surface area contributed by atoms with Crippen LogP contribution in [-0.4, -0.2) is 62.2 Å². The molecule has 0 aromatic rings. The lowest BCUT2D eigenvalue weighted by molar-refractivity contribution is 0.104. The summed E-state index contributed by atoms with van der Waals surface area (Å²) in [4.78, 5) is 4.97. The highest BCUT2D eigenvalue weighted by Crippen LogP contribution is 2.07. The van der Waals surface area contributed by atoms with E-state index in [2.05, 4.69) is 36.0 Å². The third kappa shape index (κ3) is 2.93. The fourth-order valence-corrected chi connectivity index (χ4v) is 1.79. The minimum atomic E-state index is 0.586. The number of rotatable bonds is 3. The van der Waals surface area contributed by atoms with Crippen LogP contribution in [0.5, 0.6) is 0 Å². The van der Waals surface area contributed by atoms with Gasteiger partial charge in [0.15, 0.2) is 0 Å². The molecule has 0 aliphatic carbocycles. The van der Waals surface area contributed by atoms with Gasteiger partial charge in [-0.05, 0) is 27.9 Å². The summed E-state index contributed by atoms with van der Waals surface area (Å²) in [6.45, 7) is 9.41. The van der Waals surface area contributed by atoms with E-state index >= 15 is 0 Å². The highest BCUT2D eigenvalue weighted by molar-refractivity contribution is 4.80. The molecule has 0 spiro atoms. The zero-order valence-electron chi connectivity index (χ0n) is 9.38. The van der Waals surface area contributed by atoms with E-state index in [-0.39, 0.29) is 0 Å². The minimum absolute atomic E-state index is 0.586. The number of piperazine rings is 1. The molecule has 2 atom stereocenters. The topological polar surface area (TPSA) is 18.5 Å². The smallest absolute Gasteiger partial charge is 0.0219 e. The molecular formula is C10H23N3. The van der Waals surface area contributed by atoms with Gasteiger partial charge in [-0.15, -0.1) is 0 Å². The van der Waals surface area contributed by atoms with Crippen molar-refractivity contribution in [1.29, 1.82) is 0 Å². The van der Waals surface area contributed by atoms with Gasteiger partial charge in [-0.3, -0.25) is 4.90 Å². The van der Waals surface area contributed by atoms with Gasteiger partial charge in [0.1, 0.15) is 0 Å². The summed E-state index contributed by atoms with van der Waals surface area (Å²) >= 11 is 0. The van der Waals surface area contributed by atoms with Gasteiger partial charge in [-0.1, -0.05) is 0 Å². The van der Waals surface area contributed by atoms with Crippen molar-refractivity contribution in [3.8, 4) is 0 Å². The molecule has 1 rings (SSSR count). The molecule has 1 aliphatic heterocycles. The van der Waals surface area contributed by atoms with E-state index in [9.17, 15) is 0 Å². The molecule has 0 aromatic heterocycles. The van der Waals surface area contributed by atoms with Crippen molar-refractivity contribution in [2.75, 3.05) is 40.3 Å². The lowest BCUT2D eigenvalue weighted by Gasteiger charge is -2.38. The van der Waals surface area contributed by atoms with Crippen molar-refractivity contribution in [3.63, 3.8) is 0 Å². The maximum atomic E-state index is 3.32. The van der Waals surface area contributed by atoms with E-state index < -0.39 is 0 Å². The highest BCUT2D eigenvalue weighted by atomic mass is 15.3. The third-order valence-electron chi connectivity index (χ3n) is 3.29. The molecule has 1 fully saturated rings. The van der Waals surface area contributed by atoms with Crippen molar-refractivity contribution in [2.24, 2.45) is 0 Å². The first-order valence-electron chi connectivity index (χ1n) is 5.25. The number of nitrogens with zero attached hydrogens (tertiary/aromatic N) is 2. The second kappa shape index (κ2) is 4.94. The largest absolute Gasteiger partial charge is 0.316 e. The van der Waals surface area contributed by atoms with Crippen molar-refractivity contribution < 1.29 is 0 Å². The summed E-state index contributed by atoms with van der Waals surface area (Å²) in [6, 6.07) is 1.24. The lowest BCUT2D eigenvalue weighted by atomic mass is 10.1. The first-order chi connectivity index (χ1) is 6.15. The Morgan fingerprint density at radius 2 is 1.62 bits per heavy atom.